The summed E-state index contributed by atoms with van der Waals surface area (Å²) in [6.45, 7) is 2.24. The highest BCUT2D eigenvalue weighted by Crippen LogP contribution is 2.34. The number of ether oxygens (including phenoxy) is 3. The second kappa shape index (κ2) is 6.25. The zero-order chi connectivity index (χ0) is 14.5. The van der Waals surface area contributed by atoms with E-state index in [1.165, 1.54) is 7.11 Å². The summed E-state index contributed by atoms with van der Waals surface area (Å²) in [5.74, 6) is -0.309. The Bertz CT molecular complexity index is 517. The van der Waals surface area contributed by atoms with E-state index in [1.54, 1.807) is 25.1 Å². The molecule has 0 radical (unpaired) electrons. The predicted molar refractivity (Wildman–Crippen MR) is 70.7 cm³/mol. The molecular formula is C13H16N2O5. The van der Waals surface area contributed by atoms with Crippen LogP contribution in [0, 0.1) is 0 Å². The standard InChI is InChI=1S/C13H16N2O5/c1-8(6-18-2)14-12(16)13(17)15-9-3-4-10-11(5-9)20-7-19-10/h3-5,8H,6-7H2,1-2H3,(H,14,16)(H,15,17). The molecule has 1 aromatic carbocycles. The number of hydrogen-bond acceptors (Lipinski definition) is 5. The molecule has 2 rings (SSSR count). The van der Waals surface area contributed by atoms with Gasteiger partial charge in [-0.2, -0.15) is 0 Å². The van der Waals surface area contributed by atoms with Crippen LogP contribution in [0.5, 0.6) is 11.5 Å². The summed E-state index contributed by atoms with van der Waals surface area (Å²) < 4.78 is 15.2. The smallest absolute Gasteiger partial charge is 0.313 e. The molecule has 1 unspecified atom stereocenters. The maximum atomic E-state index is 11.7. The van der Waals surface area contributed by atoms with Crippen LogP contribution >= 0.6 is 0 Å². The molecule has 1 atom stereocenters. The zero-order valence-electron chi connectivity index (χ0n) is 11.3. The van der Waals surface area contributed by atoms with Gasteiger partial charge in [-0.25, -0.2) is 0 Å². The van der Waals surface area contributed by atoms with Gasteiger partial charge in [0.25, 0.3) is 0 Å². The van der Waals surface area contributed by atoms with Gasteiger partial charge in [0.2, 0.25) is 6.79 Å². The fourth-order valence-electron chi connectivity index (χ4n) is 1.74. The van der Waals surface area contributed by atoms with Crippen molar-refractivity contribution in [2.75, 3.05) is 25.8 Å². The number of anilines is 1. The van der Waals surface area contributed by atoms with Gasteiger partial charge < -0.3 is 24.8 Å². The van der Waals surface area contributed by atoms with Crippen molar-refractivity contribution in [3.05, 3.63) is 18.2 Å². The van der Waals surface area contributed by atoms with Crippen LogP contribution in [0.2, 0.25) is 0 Å². The van der Waals surface area contributed by atoms with Gasteiger partial charge in [0.1, 0.15) is 0 Å². The Morgan fingerprint density at radius 3 is 2.80 bits per heavy atom. The van der Waals surface area contributed by atoms with Gasteiger partial charge in [-0.1, -0.05) is 0 Å². The third-order valence-electron chi connectivity index (χ3n) is 2.63. The van der Waals surface area contributed by atoms with Gasteiger partial charge in [-0.15, -0.1) is 0 Å². The molecule has 1 heterocycles. The topological polar surface area (TPSA) is 85.9 Å². The first-order valence-electron chi connectivity index (χ1n) is 6.10. The van der Waals surface area contributed by atoms with E-state index in [9.17, 15) is 9.59 Å². The SMILES string of the molecule is COCC(C)NC(=O)C(=O)Nc1ccc2c(c1)OCO2. The van der Waals surface area contributed by atoms with Crippen LogP contribution in [-0.2, 0) is 14.3 Å². The number of hydrogen-bond donors (Lipinski definition) is 2. The Labute approximate surface area is 116 Å². The molecule has 1 aliphatic heterocycles. The van der Waals surface area contributed by atoms with Crippen LogP contribution in [0.1, 0.15) is 6.92 Å². The van der Waals surface area contributed by atoms with Crippen molar-refractivity contribution in [2.24, 2.45) is 0 Å². The highest BCUT2D eigenvalue weighted by atomic mass is 16.7. The minimum atomic E-state index is -0.744. The molecule has 7 heteroatoms. The number of methoxy groups -OCH3 is 1. The van der Waals surface area contributed by atoms with Crippen molar-refractivity contribution in [3.8, 4) is 11.5 Å². The summed E-state index contributed by atoms with van der Waals surface area (Å²) in [4.78, 5) is 23.3. The lowest BCUT2D eigenvalue weighted by molar-refractivity contribution is -0.136. The molecule has 1 aliphatic rings. The minimum Gasteiger partial charge on any atom is -0.454 e. The molecule has 1 aromatic rings. The van der Waals surface area contributed by atoms with Gasteiger partial charge in [-0.3, -0.25) is 9.59 Å². The van der Waals surface area contributed by atoms with E-state index in [4.69, 9.17) is 14.2 Å². The summed E-state index contributed by atoms with van der Waals surface area (Å²) >= 11 is 0. The second-order valence-corrected chi connectivity index (χ2v) is 4.35. The molecule has 2 amide bonds. The Morgan fingerprint density at radius 1 is 1.30 bits per heavy atom. The first-order chi connectivity index (χ1) is 9.60. The van der Waals surface area contributed by atoms with Crippen LogP contribution in [-0.4, -0.2) is 38.4 Å². The third-order valence-corrected chi connectivity index (χ3v) is 2.63. The fourth-order valence-corrected chi connectivity index (χ4v) is 1.74. The fraction of sp³-hybridized carbons (Fsp3) is 0.385. The van der Waals surface area contributed by atoms with Crippen molar-refractivity contribution in [1.82, 2.24) is 5.32 Å². The number of carbonyl (C=O) groups is 2. The summed E-state index contributed by atoms with van der Waals surface area (Å²) in [6.07, 6.45) is 0. The van der Waals surface area contributed by atoms with E-state index in [0.717, 1.165) is 0 Å². The minimum absolute atomic E-state index is 0.155. The highest BCUT2D eigenvalue weighted by molar-refractivity contribution is 6.39. The Kier molecular flexibility index (Phi) is 4.41. The van der Waals surface area contributed by atoms with Crippen molar-refractivity contribution in [2.45, 2.75) is 13.0 Å². The Balaban J connectivity index is 1.92. The maximum absolute atomic E-state index is 11.7. The monoisotopic (exact) mass is 280 g/mol. The van der Waals surface area contributed by atoms with E-state index >= 15 is 0 Å². The number of benzene rings is 1. The first-order valence-corrected chi connectivity index (χ1v) is 6.10. The van der Waals surface area contributed by atoms with Crippen LogP contribution < -0.4 is 20.1 Å². The van der Waals surface area contributed by atoms with E-state index in [2.05, 4.69) is 10.6 Å². The van der Waals surface area contributed by atoms with E-state index in [0.29, 0.717) is 23.8 Å². The molecule has 2 N–H and O–H groups in total. The summed E-state index contributed by atoms with van der Waals surface area (Å²) in [6, 6.07) is 4.67. The zero-order valence-corrected chi connectivity index (χ0v) is 11.3. The second-order valence-electron chi connectivity index (χ2n) is 4.35. The van der Waals surface area contributed by atoms with Crippen LogP contribution in [0.3, 0.4) is 0 Å². The molecule has 0 fully saturated rings. The molecule has 108 valence electrons. The first kappa shape index (κ1) is 14.1. The number of nitrogens with one attached hydrogen (secondary N) is 2. The highest BCUT2D eigenvalue weighted by Gasteiger charge is 2.18. The molecular weight excluding hydrogens is 264 g/mol. The maximum Gasteiger partial charge on any atom is 0.313 e. The summed E-state index contributed by atoms with van der Waals surface area (Å²) in [5, 5.41) is 5.01. The number of rotatable bonds is 4. The lowest BCUT2D eigenvalue weighted by Crippen LogP contribution is -2.42. The lowest BCUT2D eigenvalue weighted by atomic mass is 10.2. The summed E-state index contributed by atoms with van der Waals surface area (Å²) in [5.41, 5.74) is 0.466. The van der Waals surface area contributed by atoms with Crippen LogP contribution in [0.25, 0.3) is 0 Å². The van der Waals surface area contributed by atoms with E-state index in [1.807, 2.05) is 0 Å². The van der Waals surface area contributed by atoms with E-state index in [-0.39, 0.29) is 12.8 Å². The summed E-state index contributed by atoms with van der Waals surface area (Å²) in [7, 11) is 1.52. The normalized spacial score (nSPS) is 13.7. The molecule has 0 aliphatic carbocycles. The molecule has 20 heavy (non-hydrogen) atoms. The molecule has 7 nitrogen and oxygen atoms in total. The molecule has 0 aromatic heterocycles. The third kappa shape index (κ3) is 3.39. The van der Waals surface area contributed by atoms with Crippen LogP contribution in [0.15, 0.2) is 18.2 Å². The molecule has 0 bridgehead atoms. The van der Waals surface area contributed by atoms with Crippen molar-refractivity contribution >= 4 is 17.5 Å². The molecule has 0 saturated heterocycles. The van der Waals surface area contributed by atoms with Gasteiger partial charge in [0, 0.05) is 24.9 Å². The number of fused-ring (bicyclic) bond motifs is 1. The average molecular weight is 280 g/mol. The molecule has 0 saturated carbocycles. The van der Waals surface area contributed by atoms with Crippen molar-refractivity contribution in [1.29, 1.82) is 0 Å². The largest absolute Gasteiger partial charge is 0.454 e. The van der Waals surface area contributed by atoms with Crippen molar-refractivity contribution < 1.29 is 23.8 Å². The van der Waals surface area contributed by atoms with E-state index < -0.39 is 11.8 Å². The Hall–Kier alpha value is -2.28. The van der Waals surface area contributed by atoms with Gasteiger partial charge in [0.05, 0.1) is 6.61 Å². The Morgan fingerprint density at radius 2 is 2.05 bits per heavy atom. The van der Waals surface area contributed by atoms with Crippen molar-refractivity contribution in [3.63, 3.8) is 0 Å². The molecule has 0 spiro atoms. The number of carbonyl (C=O) groups excluding carboxylic acids is 2. The lowest BCUT2D eigenvalue weighted by Gasteiger charge is -2.12. The van der Waals surface area contributed by atoms with Gasteiger partial charge >= 0.3 is 11.8 Å². The van der Waals surface area contributed by atoms with Gasteiger partial charge in [-0.05, 0) is 19.1 Å². The quantitative estimate of drug-likeness (QED) is 0.785. The van der Waals surface area contributed by atoms with Gasteiger partial charge in [0.15, 0.2) is 11.5 Å². The van der Waals surface area contributed by atoms with Crippen LogP contribution in [0.4, 0.5) is 5.69 Å². The average Bonchev–Trinajstić information content (AvgIpc) is 2.86. The number of amides is 2. The predicted octanol–water partition coefficient (Wildman–Crippen LogP) is 0.505.